The molecule has 88 valence electrons. The van der Waals surface area contributed by atoms with Gasteiger partial charge in [-0.1, -0.05) is 30.3 Å². The molecule has 0 saturated heterocycles. The predicted molar refractivity (Wildman–Crippen MR) is 64.5 cm³/mol. The topological polar surface area (TPSA) is 49.5 Å². The van der Waals surface area contributed by atoms with Crippen LogP contribution >= 0.6 is 0 Å². The van der Waals surface area contributed by atoms with Crippen molar-refractivity contribution in [3.05, 3.63) is 35.9 Å². The first kappa shape index (κ1) is 11.6. The Morgan fingerprint density at radius 2 is 2.00 bits per heavy atom. The van der Waals surface area contributed by atoms with E-state index >= 15 is 0 Å². The number of aliphatic hydroxyl groups excluding tert-OH is 1. The van der Waals surface area contributed by atoms with Gasteiger partial charge in [-0.3, -0.25) is 5.84 Å². The molecule has 3 N–H and O–H groups in total. The first-order valence-electron chi connectivity index (χ1n) is 5.93. The number of hydrogen-bond acceptors (Lipinski definition) is 3. The van der Waals surface area contributed by atoms with Crippen LogP contribution in [0.25, 0.3) is 0 Å². The molecule has 1 unspecified atom stereocenters. The molecule has 1 aromatic rings. The quantitative estimate of drug-likeness (QED) is 0.586. The highest BCUT2D eigenvalue weighted by Gasteiger charge is 2.28. The van der Waals surface area contributed by atoms with E-state index in [-0.39, 0.29) is 6.04 Å². The third-order valence-electron chi connectivity index (χ3n) is 3.29. The van der Waals surface area contributed by atoms with Gasteiger partial charge >= 0.3 is 0 Å². The highest BCUT2D eigenvalue weighted by atomic mass is 16.3. The Hall–Kier alpha value is -0.900. The van der Waals surface area contributed by atoms with Gasteiger partial charge < -0.3 is 5.11 Å². The normalized spacial score (nSPS) is 19.8. The van der Waals surface area contributed by atoms with Crippen LogP contribution in [0.3, 0.4) is 0 Å². The van der Waals surface area contributed by atoms with Crippen LogP contribution in [0.2, 0.25) is 0 Å². The molecule has 1 fully saturated rings. The van der Waals surface area contributed by atoms with E-state index < -0.39 is 6.10 Å². The molecule has 0 bridgehead atoms. The Labute approximate surface area is 96.8 Å². The molecule has 1 saturated carbocycles. The Morgan fingerprint density at radius 3 is 2.56 bits per heavy atom. The van der Waals surface area contributed by atoms with Crippen LogP contribution in [0.15, 0.2) is 30.3 Å². The molecule has 0 amide bonds. The molecule has 3 heteroatoms. The maximum absolute atomic E-state index is 10.2. The van der Waals surface area contributed by atoms with E-state index in [0.29, 0.717) is 0 Å². The van der Waals surface area contributed by atoms with Crippen LogP contribution in [-0.2, 0) is 0 Å². The van der Waals surface area contributed by atoms with Gasteiger partial charge in [-0.25, -0.2) is 5.01 Å². The molecule has 3 nitrogen and oxygen atoms in total. The summed E-state index contributed by atoms with van der Waals surface area (Å²) < 4.78 is 0. The van der Waals surface area contributed by atoms with E-state index in [9.17, 15) is 5.11 Å². The lowest BCUT2D eigenvalue weighted by molar-refractivity contribution is 0.0549. The molecule has 16 heavy (non-hydrogen) atoms. The fourth-order valence-electron chi connectivity index (χ4n) is 1.87. The molecule has 0 radical (unpaired) electrons. The maximum atomic E-state index is 10.2. The Bertz CT molecular complexity index is 324. The number of hydrogen-bond donors (Lipinski definition) is 2. The number of nitrogens with two attached hydrogens (primary N) is 1. The fraction of sp³-hybridized carbons (Fsp3) is 0.538. The van der Waals surface area contributed by atoms with Crippen LogP contribution in [0.1, 0.15) is 31.4 Å². The van der Waals surface area contributed by atoms with E-state index in [4.69, 9.17) is 5.84 Å². The lowest BCUT2D eigenvalue weighted by Crippen LogP contribution is -2.44. The molecule has 0 heterocycles. The Morgan fingerprint density at radius 1 is 1.38 bits per heavy atom. The number of nitrogens with zero attached hydrogens (tertiary/aromatic N) is 1. The molecule has 1 aliphatic rings. The monoisotopic (exact) mass is 220 g/mol. The largest absolute Gasteiger partial charge is 0.387 e. The second-order valence-electron chi connectivity index (χ2n) is 4.74. The van der Waals surface area contributed by atoms with Crippen LogP contribution in [0.4, 0.5) is 0 Å². The van der Waals surface area contributed by atoms with Gasteiger partial charge in [-0.15, -0.1) is 0 Å². The average Bonchev–Trinajstić information content (AvgIpc) is 3.12. The van der Waals surface area contributed by atoms with Crippen LogP contribution in [0, 0.1) is 5.92 Å². The van der Waals surface area contributed by atoms with Gasteiger partial charge in [0, 0.05) is 6.54 Å². The van der Waals surface area contributed by atoms with Crippen LogP contribution in [-0.4, -0.2) is 22.7 Å². The van der Waals surface area contributed by atoms with Gasteiger partial charge in [0.15, 0.2) is 0 Å². The van der Waals surface area contributed by atoms with Crippen molar-refractivity contribution in [3.63, 3.8) is 0 Å². The van der Waals surface area contributed by atoms with E-state index in [0.717, 1.165) is 18.0 Å². The highest BCUT2D eigenvalue weighted by Crippen LogP contribution is 2.30. The van der Waals surface area contributed by atoms with Crippen LogP contribution in [0.5, 0.6) is 0 Å². The molecule has 0 spiro atoms. The van der Waals surface area contributed by atoms with Crippen molar-refractivity contribution in [3.8, 4) is 0 Å². The summed E-state index contributed by atoms with van der Waals surface area (Å²) in [4.78, 5) is 0. The smallest absolute Gasteiger partial charge is 0.0956 e. The molecule has 0 aromatic heterocycles. The first-order valence-corrected chi connectivity index (χ1v) is 5.93. The third kappa shape index (κ3) is 2.82. The standard InChI is InChI=1S/C13H20N2O/c1-10(15(14)9-11-7-8-11)13(16)12-5-3-2-4-6-12/h2-6,10-11,13,16H,7-9,14H2,1H3/t10-,13?/m1/s1. The highest BCUT2D eigenvalue weighted by molar-refractivity contribution is 5.18. The SMILES string of the molecule is C[C@H](C(O)c1ccccc1)N(N)CC1CC1. The molecule has 0 aliphatic heterocycles. The van der Waals surface area contributed by atoms with E-state index in [1.807, 2.05) is 37.3 Å². The molecule has 1 aliphatic carbocycles. The van der Waals surface area contributed by atoms with Crippen molar-refractivity contribution >= 4 is 0 Å². The first-order chi connectivity index (χ1) is 7.68. The molecule has 2 atom stereocenters. The third-order valence-corrected chi connectivity index (χ3v) is 3.29. The van der Waals surface area contributed by atoms with Gasteiger partial charge in [0.25, 0.3) is 0 Å². The lowest BCUT2D eigenvalue weighted by atomic mass is 10.0. The Balaban J connectivity index is 1.94. The van der Waals surface area contributed by atoms with Crippen molar-refractivity contribution in [2.24, 2.45) is 11.8 Å². The van der Waals surface area contributed by atoms with Gasteiger partial charge in [0.2, 0.25) is 0 Å². The minimum atomic E-state index is -0.509. The summed E-state index contributed by atoms with van der Waals surface area (Å²) in [5, 5.41) is 11.9. The number of hydrazine groups is 1. The maximum Gasteiger partial charge on any atom is 0.0956 e. The number of benzene rings is 1. The van der Waals surface area contributed by atoms with Crippen molar-refractivity contribution in [1.29, 1.82) is 0 Å². The van der Waals surface area contributed by atoms with Crippen molar-refractivity contribution in [1.82, 2.24) is 5.01 Å². The summed E-state index contributed by atoms with van der Waals surface area (Å²) in [6.07, 6.45) is 2.05. The summed E-state index contributed by atoms with van der Waals surface area (Å²) in [5.41, 5.74) is 0.932. The number of aliphatic hydroxyl groups is 1. The van der Waals surface area contributed by atoms with Crippen molar-refractivity contribution < 1.29 is 5.11 Å². The van der Waals surface area contributed by atoms with E-state index in [2.05, 4.69) is 0 Å². The summed E-state index contributed by atoms with van der Waals surface area (Å²) >= 11 is 0. The summed E-state index contributed by atoms with van der Waals surface area (Å²) in [6.45, 7) is 2.87. The molecular weight excluding hydrogens is 200 g/mol. The minimum absolute atomic E-state index is 0.0389. The zero-order chi connectivity index (χ0) is 11.5. The minimum Gasteiger partial charge on any atom is -0.387 e. The summed E-state index contributed by atoms with van der Waals surface area (Å²) in [7, 11) is 0. The van der Waals surface area contributed by atoms with Crippen molar-refractivity contribution in [2.75, 3.05) is 6.54 Å². The molecular formula is C13H20N2O. The number of rotatable bonds is 5. The molecule has 1 aromatic carbocycles. The average molecular weight is 220 g/mol. The van der Waals surface area contributed by atoms with Gasteiger partial charge in [0.1, 0.15) is 0 Å². The van der Waals surface area contributed by atoms with E-state index in [1.54, 1.807) is 5.01 Å². The summed E-state index contributed by atoms with van der Waals surface area (Å²) in [5.74, 6) is 6.72. The second kappa shape index (κ2) is 4.95. The Kier molecular flexibility index (Phi) is 3.59. The van der Waals surface area contributed by atoms with Crippen LogP contribution < -0.4 is 5.84 Å². The van der Waals surface area contributed by atoms with Crippen molar-refractivity contribution in [2.45, 2.75) is 31.9 Å². The van der Waals surface area contributed by atoms with Gasteiger partial charge in [0.05, 0.1) is 12.1 Å². The predicted octanol–water partition coefficient (Wildman–Crippen LogP) is 1.69. The van der Waals surface area contributed by atoms with E-state index in [1.165, 1.54) is 12.8 Å². The molecule has 2 rings (SSSR count). The van der Waals surface area contributed by atoms with Gasteiger partial charge in [-0.2, -0.15) is 0 Å². The zero-order valence-electron chi connectivity index (χ0n) is 9.71. The zero-order valence-corrected chi connectivity index (χ0v) is 9.71. The van der Waals surface area contributed by atoms with Gasteiger partial charge in [-0.05, 0) is 31.2 Å². The lowest BCUT2D eigenvalue weighted by Gasteiger charge is -2.28. The summed E-state index contributed by atoms with van der Waals surface area (Å²) in [6, 6.07) is 9.66. The fourth-order valence-corrected chi connectivity index (χ4v) is 1.87. The second-order valence-corrected chi connectivity index (χ2v) is 4.74.